The molecule has 3 nitrogen and oxygen atoms in total. The van der Waals surface area contributed by atoms with Crippen LogP contribution in [0, 0.1) is 11.8 Å². The van der Waals surface area contributed by atoms with Crippen molar-refractivity contribution >= 4 is 5.97 Å². The molecule has 1 rings (SSSR count). The summed E-state index contributed by atoms with van der Waals surface area (Å²) in [6, 6.07) is 0. The van der Waals surface area contributed by atoms with Crippen LogP contribution in [0.4, 0.5) is 0 Å². The molecule has 17 heavy (non-hydrogen) atoms. The minimum absolute atomic E-state index is 0.519. The molecule has 1 aliphatic rings. The Hall–Kier alpha value is -0.570. The van der Waals surface area contributed by atoms with Crippen LogP contribution >= 0.6 is 0 Å². The van der Waals surface area contributed by atoms with Crippen LogP contribution in [0.25, 0.3) is 0 Å². The van der Waals surface area contributed by atoms with E-state index >= 15 is 0 Å². The van der Waals surface area contributed by atoms with E-state index in [1.165, 1.54) is 0 Å². The highest BCUT2D eigenvalue weighted by atomic mass is 16.4. The number of nitrogens with zero attached hydrogens (tertiary/aromatic N) is 1. The standard InChI is InChI=1S/C14H27NO2/c1-11(2)9-15(10-12(3)4)14(13(16)17)7-5-6-8-14/h11-12H,5-10H2,1-4H3,(H,16,17). The van der Waals surface area contributed by atoms with E-state index in [9.17, 15) is 9.90 Å². The highest BCUT2D eigenvalue weighted by Crippen LogP contribution is 2.36. The van der Waals surface area contributed by atoms with Gasteiger partial charge < -0.3 is 5.11 Å². The van der Waals surface area contributed by atoms with Crippen molar-refractivity contribution in [2.24, 2.45) is 11.8 Å². The second-order valence-electron chi connectivity index (χ2n) is 6.24. The first-order valence-electron chi connectivity index (χ1n) is 6.87. The number of hydrogen-bond acceptors (Lipinski definition) is 2. The highest BCUT2D eigenvalue weighted by Gasteiger charge is 2.46. The van der Waals surface area contributed by atoms with Gasteiger partial charge in [0, 0.05) is 13.1 Å². The van der Waals surface area contributed by atoms with Gasteiger partial charge in [0.1, 0.15) is 5.54 Å². The van der Waals surface area contributed by atoms with Gasteiger partial charge in [-0.2, -0.15) is 0 Å². The van der Waals surface area contributed by atoms with Crippen LogP contribution < -0.4 is 0 Å². The first-order chi connectivity index (χ1) is 7.88. The predicted octanol–water partition coefficient (Wildman–Crippen LogP) is 3.00. The van der Waals surface area contributed by atoms with Gasteiger partial charge in [-0.1, -0.05) is 40.5 Å². The van der Waals surface area contributed by atoms with E-state index in [1.807, 2.05) is 0 Å². The van der Waals surface area contributed by atoms with Crippen molar-refractivity contribution in [1.82, 2.24) is 4.90 Å². The van der Waals surface area contributed by atoms with Gasteiger partial charge in [-0.05, 0) is 24.7 Å². The molecule has 0 unspecified atom stereocenters. The van der Waals surface area contributed by atoms with Gasteiger partial charge in [0.2, 0.25) is 0 Å². The predicted molar refractivity (Wildman–Crippen MR) is 70.1 cm³/mol. The topological polar surface area (TPSA) is 40.5 Å². The molecule has 0 aromatic heterocycles. The smallest absolute Gasteiger partial charge is 0.324 e. The van der Waals surface area contributed by atoms with E-state index in [0.717, 1.165) is 38.8 Å². The molecule has 0 aromatic rings. The molecule has 0 amide bonds. The number of carbonyl (C=O) groups is 1. The van der Waals surface area contributed by atoms with Crippen molar-refractivity contribution in [3.63, 3.8) is 0 Å². The quantitative estimate of drug-likeness (QED) is 0.777. The Labute approximate surface area is 105 Å². The molecule has 0 aliphatic heterocycles. The summed E-state index contributed by atoms with van der Waals surface area (Å²) in [4.78, 5) is 13.9. The van der Waals surface area contributed by atoms with Crippen molar-refractivity contribution in [2.45, 2.75) is 58.9 Å². The van der Waals surface area contributed by atoms with E-state index in [4.69, 9.17) is 0 Å². The molecular formula is C14H27NO2. The molecule has 0 saturated heterocycles. The molecule has 1 saturated carbocycles. The van der Waals surface area contributed by atoms with Crippen LogP contribution in [-0.2, 0) is 4.79 Å². The first-order valence-corrected chi connectivity index (χ1v) is 6.87. The maximum Gasteiger partial charge on any atom is 0.324 e. The van der Waals surface area contributed by atoms with Crippen molar-refractivity contribution in [3.8, 4) is 0 Å². The number of carboxylic acid groups (broad SMARTS) is 1. The minimum atomic E-state index is -0.615. The first kappa shape index (κ1) is 14.5. The summed E-state index contributed by atoms with van der Waals surface area (Å²) in [6.07, 6.45) is 3.75. The van der Waals surface area contributed by atoms with E-state index in [-0.39, 0.29) is 0 Å². The lowest BCUT2D eigenvalue weighted by atomic mass is 9.92. The van der Waals surface area contributed by atoms with Gasteiger partial charge in [-0.15, -0.1) is 0 Å². The molecule has 0 aromatic carbocycles. The van der Waals surface area contributed by atoms with E-state index in [2.05, 4.69) is 32.6 Å². The van der Waals surface area contributed by atoms with E-state index < -0.39 is 11.5 Å². The fourth-order valence-electron chi connectivity index (χ4n) is 2.93. The number of carboxylic acids is 1. The van der Waals surface area contributed by atoms with Crippen LogP contribution in [0.2, 0.25) is 0 Å². The molecule has 1 fully saturated rings. The molecule has 0 bridgehead atoms. The lowest BCUT2D eigenvalue weighted by molar-refractivity contribution is -0.152. The monoisotopic (exact) mass is 241 g/mol. The molecule has 0 atom stereocenters. The zero-order valence-electron chi connectivity index (χ0n) is 11.7. The molecule has 100 valence electrons. The Morgan fingerprint density at radius 2 is 1.53 bits per heavy atom. The number of rotatable bonds is 6. The molecular weight excluding hydrogens is 214 g/mol. The zero-order chi connectivity index (χ0) is 13.1. The molecule has 1 aliphatic carbocycles. The molecule has 3 heteroatoms. The third kappa shape index (κ3) is 3.44. The number of aliphatic carboxylic acids is 1. The Morgan fingerprint density at radius 3 is 1.82 bits per heavy atom. The van der Waals surface area contributed by atoms with Gasteiger partial charge in [-0.3, -0.25) is 9.69 Å². The summed E-state index contributed by atoms with van der Waals surface area (Å²) < 4.78 is 0. The van der Waals surface area contributed by atoms with E-state index in [1.54, 1.807) is 0 Å². The summed E-state index contributed by atoms with van der Waals surface area (Å²) in [5, 5.41) is 9.62. The lowest BCUT2D eigenvalue weighted by Gasteiger charge is -2.40. The fourth-order valence-corrected chi connectivity index (χ4v) is 2.93. The van der Waals surface area contributed by atoms with Crippen molar-refractivity contribution in [2.75, 3.05) is 13.1 Å². The largest absolute Gasteiger partial charge is 0.480 e. The lowest BCUT2D eigenvalue weighted by Crippen LogP contribution is -2.55. The number of hydrogen-bond donors (Lipinski definition) is 1. The fraction of sp³-hybridized carbons (Fsp3) is 0.929. The van der Waals surface area contributed by atoms with Crippen molar-refractivity contribution in [3.05, 3.63) is 0 Å². The van der Waals surface area contributed by atoms with Crippen LogP contribution in [0.15, 0.2) is 0 Å². The van der Waals surface area contributed by atoms with Gasteiger partial charge in [-0.25, -0.2) is 0 Å². The zero-order valence-corrected chi connectivity index (χ0v) is 11.7. The normalized spacial score (nSPS) is 19.5. The van der Waals surface area contributed by atoms with Crippen LogP contribution in [0.3, 0.4) is 0 Å². The van der Waals surface area contributed by atoms with Gasteiger partial charge in [0.15, 0.2) is 0 Å². The summed E-state index contributed by atoms with van der Waals surface area (Å²) >= 11 is 0. The van der Waals surface area contributed by atoms with Crippen LogP contribution in [-0.4, -0.2) is 34.6 Å². The van der Waals surface area contributed by atoms with Gasteiger partial charge >= 0.3 is 5.97 Å². The van der Waals surface area contributed by atoms with E-state index in [0.29, 0.717) is 11.8 Å². The maximum absolute atomic E-state index is 11.7. The average molecular weight is 241 g/mol. The minimum Gasteiger partial charge on any atom is -0.480 e. The molecule has 0 heterocycles. The molecule has 0 radical (unpaired) electrons. The third-order valence-electron chi connectivity index (χ3n) is 3.61. The highest BCUT2D eigenvalue weighted by molar-refractivity contribution is 5.79. The van der Waals surface area contributed by atoms with Crippen molar-refractivity contribution < 1.29 is 9.90 Å². The third-order valence-corrected chi connectivity index (χ3v) is 3.61. The Kier molecular flexibility index (Phi) is 4.99. The summed E-state index contributed by atoms with van der Waals surface area (Å²) in [5.74, 6) is 0.424. The van der Waals surface area contributed by atoms with Gasteiger partial charge in [0.05, 0.1) is 0 Å². The average Bonchev–Trinajstić information content (AvgIpc) is 2.64. The summed E-state index contributed by atoms with van der Waals surface area (Å²) in [6.45, 7) is 10.4. The second kappa shape index (κ2) is 5.85. The molecule has 0 spiro atoms. The van der Waals surface area contributed by atoms with Crippen molar-refractivity contribution in [1.29, 1.82) is 0 Å². The summed E-state index contributed by atoms with van der Waals surface area (Å²) in [5.41, 5.74) is -0.575. The van der Waals surface area contributed by atoms with Crippen LogP contribution in [0.1, 0.15) is 53.4 Å². The Balaban J connectivity index is 2.87. The van der Waals surface area contributed by atoms with Gasteiger partial charge in [0.25, 0.3) is 0 Å². The Morgan fingerprint density at radius 1 is 1.12 bits per heavy atom. The Bertz CT molecular complexity index is 245. The SMILES string of the molecule is CC(C)CN(CC(C)C)C1(C(=O)O)CCCC1. The summed E-state index contributed by atoms with van der Waals surface area (Å²) in [7, 11) is 0. The molecule has 1 N–H and O–H groups in total. The second-order valence-corrected chi connectivity index (χ2v) is 6.24. The van der Waals surface area contributed by atoms with Crippen LogP contribution in [0.5, 0.6) is 0 Å². The maximum atomic E-state index is 11.7.